The lowest BCUT2D eigenvalue weighted by Crippen LogP contribution is -2.21. The molecular weight excluding hydrogens is 256 g/mol. The summed E-state index contributed by atoms with van der Waals surface area (Å²) in [6.45, 7) is 2.32. The van der Waals surface area contributed by atoms with Crippen molar-refractivity contribution in [2.45, 2.75) is 6.42 Å². The molecule has 0 bridgehead atoms. The highest BCUT2D eigenvalue weighted by Crippen LogP contribution is 2.39. The molecule has 2 aliphatic rings. The third-order valence-electron chi connectivity index (χ3n) is 4.08. The summed E-state index contributed by atoms with van der Waals surface area (Å²) in [5, 5.41) is 11.5. The van der Waals surface area contributed by atoms with Gasteiger partial charge in [0.25, 0.3) is 0 Å². The highest BCUT2D eigenvalue weighted by atomic mass is 16.7. The van der Waals surface area contributed by atoms with Crippen LogP contribution in [0, 0.1) is 5.92 Å². The number of benzene rings is 1. The van der Waals surface area contributed by atoms with Crippen LogP contribution in [0.5, 0.6) is 11.5 Å². The van der Waals surface area contributed by atoms with Gasteiger partial charge in [-0.25, -0.2) is 4.98 Å². The Balaban J connectivity index is 1.80. The van der Waals surface area contributed by atoms with Crippen molar-refractivity contribution in [2.75, 3.05) is 31.4 Å². The van der Waals surface area contributed by atoms with Crippen molar-refractivity contribution in [1.29, 1.82) is 0 Å². The molecule has 5 heteroatoms. The molecule has 0 spiro atoms. The van der Waals surface area contributed by atoms with Gasteiger partial charge < -0.3 is 19.5 Å². The molecule has 1 unspecified atom stereocenters. The summed E-state index contributed by atoms with van der Waals surface area (Å²) in [6.07, 6.45) is 2.84. The average Bonchev–Trinajstić information content (AvgIpc) is 3.12. The van der Waals surface area contributed by atoms with Crippen LogP contribution in [0.4, 0.5) is 5.82 Å². The Morgan fingerprint density at radius 2 is 2.15 bits per heavy atom. The maximum absolute atomic E-state index is 9.29. The average molecular weight is 272 g/mol. The van der Waals surface area contributed by atoms with E-state index in [1.807, 2.05) is 24.4 Å². The fourth-order valence-corrected chi connectivity index (χ4v) is 2.97. The molecular formula is C15H16N2O3. The van der Waals surface area contributed by atoms with Gasteiger partial charge in [-0.3, -0.25) is 0 Å². The Kier molecular flexibility index (Phi) is 2.67. The van der Waals surface area contributed by atoms with E-state index in [0.29, 0.717) is 5.92 Å². The van der Waals surface area contributed by atoms with E-state index in [0.717, 1.165) is 47.6 Å². The van der Waals surface area contributed by atoms with Gasteiger partial charge in [-0.2, -0.15) is 0 Å². The van der Waals surface area contributed by atoms with Crippen LogP contribution >= 0.6 is 0 Å². The van der Waals surface area contributed by atoms with E-state index in [4.69, 9.17) is 9.47 Å². The maximum atomic E-state index is 9.29. The number of pyridine rings is 1. The number of hydrogen-bond donors (Lipinski definition) is 1. The summed E-state index contributed by atoms with van der Waals surface area (Å²) in [5.74, 6) is 2.90. The molecule has 1 atom stereocenters. The quantitative estimate of drug-likeness (QED) is 0.903. The minimum Gasteiger partial charge on any atom is -0.454 e. The predicted octanol–water partition coefficient (Wildman–Crippen LogP) is 1.78. The van der Waals surface area contributed by atoms with Crippen LogP contribution in [0.15, 0.2) is 24.4 Å². The first-order chi connectivity index (χ1) is 9.85. The molecule has 5 nitrogen and oxygen atoms in total. The highest BCUT2D eigenvalue weighted by Gasteiger charge is 2.25. The molecule has 0 aliphatic carbocycles. The Morgan fingerprint density at radius 3 is 2.95 bits per heavy atom. The third-order valence-corrected chi connectivity index (χ3v) is 4.08. The second-order valence-corrected chi connectivity index (χ2v) is 5.34. The predicted molar refractivity (Wildman–Crippen MR) is 75.3 cm³/mol. The Hall–Kier alpha value is -2.01. The van der Waals surface area contributed by atoms with Crippen LogP contribution in [-0.4, -0.2) is 36.6 Å². The molecule has 1 aromatic carbocycles. The molecule has 20 heavy (non-hydrogen) atoms. The van der Waals surface area contributed by atoms with Crippen molar-refractivity contribution in [3.63, 3.8) is 0 Å². The van der Waals surface area contributed by atoms with E-state index in [1.54, 1.807) is 0 Å². The lowest BCUT2D eigenvalue weighted by molar-refractivity contribution is 0.174. The molecule has 0 amide bonds. The number of aliphatic hydroxyl groups is 1. The summed E-state index contributed by atoms with van der Waals surface area (Å²) in [4.78, 5) is 6.77. The Labute approximate surface area is 116 Å². The van der Waals surface area contributed by atoms with Crippen molar-refractivity contribution < 1.29 is 14.6 Å². The number of fused-ring (bicyclic) bond motifs is 2. The van der Waals surface area contributed by atoms with Crippen molar-refractivity contribution >= 4 is 16.6 Å². The van der Waals surface area contributed by atoms with Gasteiger partial charge in [0.15, 0.2) is 11.5 Å². The topological polar surface area (TPSA) is 54.8 Å². The Bertz CT molecular complexity index is 659. The zero-order valence-corrected chi connectivity index (χ0v) is 11.1. The number of nitrogens with zero attached hydrogens (tertiary/aromatic N) is 2. The summed E-state index contributed by atoms with van der Waals surface area (Å²) >= 11 is 0. The molecule has 3 heterocycles. The van der Waals surface area contributed by atoms with Gasteiger partial charge >= 0.3 is 0 Å². The minimum absolute atomic E-state index is 0.244. The molecule has 1 saturated heterocycles. The summed E-state index contributed by atoms with van der Waals surface area (Å²) in [5.41, 5.74) is 0. The van der Waals surface area contributed by atoms with Crippen LogP contribution in [-0.2, 0) is 0 Å². The monoisotopic (exact) mass is 272 g/mol. The first-order valence-corrected chi connectivity index (χ1v) is 6.89. The summed E-state index contributed by atoms with van der Waals surface area (Å²) in [7, 11) is 0. The van der Waals surface area contributed by atoms with E-state index in [2.05, 4.69) is 9.88 Å². The smallest absolute Gasteiger partial charge is 0.231 e. The SMILES string of the molecule is OCC1CCN(c2nccc3cc4c(cc23)OCO4)C1. The molecule has 1 fully saturated rings. The molecule has 0 radical (unpaired) electrons. The number of aliphatic hydroxyl groups excluding tert-OH is 1. The molecule has 1 aromatic heterocycles. The maximum Gasteiger partial charge on any atom is 0.231 e. The summed E-state index contributed by atoms with van der Waals surface area (Å²) in [6, 6.07) is 6.00. The van der Waals surface area contributed by atoms with Gasteiger partial charge in [0.1, 0.15) is 5.82 Å². The lowest BCUT2D eigenvalue weighted by Gasteiger charge is -2.19. The third kappa shape index (κ3) is 1.78. The van der Waals surface area contributed by atoms with Crippen LogP contribution in [0.25, 0.3) is 10.8 Å². The van der Waals surface area contributed by atoms with E-state index in [9.17, 15) is 5.11 Å². The van der Waals surface area contributed by atoms with Crippen LogP contribution in [0.1, 0.15) is 6.42 Å². The summed E-state index contributed by atoms with van der Waals surface area (Å²) < 4.78 is 10.9. The zero-order valence-electron chi connectivity index (χ0n) is 11.1. The van der Waals surface area contributed by atoms with Crippen LogP contribution in [0.3, 0.4) is 0 Å². The van der Waals surface area contributed by atoms with Gasteiger partial charge in [-0.05, 0) is 30.0 Å². The van der Waals surface area contributed by atoms with Gasteiger partial charge in [-0.15, -0.1) is 0 Å². The van der Waals surface area contributed by atoms with Gasteiger partial charge in [0.2, 0.25) is 6.79 Å². The first kappa shape index (κ1) is 11.8. The molecule has 0 saturated carbocycles. The molecule has 104 valence electrons. The second-order valence-electron chi connectivity index (χ2n) is 5.34. The highest BCUT2D eigenvalue weighted by molar-refractivity contribution is 5.94. The fraction of sp³-hybridized carbons (Fsp3) is 0.400. The molecule has 2 aromatic rings. The minimum atomic E-state index is 0.244. The van der Waals surface area contributed by atoms with Crippen molar-refractivity contribution in [3.05, 3.63) is 24.4 Å². The number of rotatable bonds is 2. The molecule has 4 rings (SSSR count). The van der Waals surface area contributed by atoms with E-state index in [1.165, 1.54) is 0 Å². The van der Waals surface area contributed by atoms with Crippen molar-refractivity contribution in [3.8, 4) is 11.5 Å². The standard InChI is InChI=1S/C15H16N2O3/c18-8-10-2-4-17(7-10)15-12-6-14-13(19-9-20-14)5-11(12)1-3-16-15/h1,3,5-6,10,18H,2,4,7-9H2. The normalized spacial score (nSPS) is 20.9. The van der Waals surface area contributed by atoms with E-state index >= 15 is 0 Å². The van der Waals surface area contributed by atoms with Crippen LogP contribution < -0.4 is 14.4 Å². The van der Waals surface area contributed by atoms with Crippen LogP contribution in [0.2, 0.25) is 0 Å². The largest absolute Gasteiger partial charge is 0.454 e. The zero-order chi connectivity index (χ0) is 13.5. The second kappa shape index (κ2) is 4.52. The first-order valence-electron chi connectivity index (χ1n) is 6.89. The fourth-order valence-electron chi connectivity index (χ4n) is 2.97. The number of anilines is 1. The van der Waals surface area contributed by atoms with Gasteiger partial charge in [0, 0.05) is 37.2 Å². The lowest BCUT2D eigenvalue weighted by atomic mass is 10.1. The number of ether oxygens (including phenoxy) is 2. The van der Waals surface area contributed by atoms with Crippen molar-refractivity contribution in [2.24, 2.45) is 5.92 Å². The number of aromatic nitrogens is 1. The Morgan fingerprint density at radius 1 is 1.30 bits per heavy atom. The van der Waals surface area contributed by atoms with Gasteiger partial charge in [-0.1, -0.05) is 0 Å². The van der Waals surface area contributed by atoms with E-state index < -0.39 is 0 Å². The van der Waals surface area contributed by atoms with Crippen molar-refractivity contribution in [1.82, 2.24) is 4.98 Å². The van der Waals surface area contributed by atoms with Gasteiger partial charge in [0.05, 0.1) is 0 Å². The van der Waals surface area contributed by atoms with E-state index in [-0.39, 0.29) is 13.4 Å². The molecule has 1 N–H and O–H groups in total. The molecule has 2 aliphatic heterocycles. The number of hydrogen-bond acceptors (Lipinski definition) is 5.